The second kappa shape index (κ2) is 4.29. The molecule has 0 atom stereocenters. The zero-order chi connectivity index (χ0) is 11.6. The van der Waals surface area contributed by atoms with Crippen LogP contribution in [0.4, 0.5) is 13.2 Å². The zero-order valence-electron chi connectivity index (χ0n) is 8.36. The summed E-state index contributed by atoms with van der Waals surface area (Å²) < 4.78 is 53.3. The molecule has 0 N–H and O–H groups in total. The van der Waals surface area contributed by atoms with E-state index in [0.717, 1.165) is 21.3 Å². The number of ether oxygens (including phenoxy) is 3. The lowest BCUT2D eigenvalue weighted by atomic mass is 10.2. The Morgan fingerprint density at radius 3 is 0.933 bits per heavy atom. The van der Waals surface area contributed by atoms with Crippen LogP contribution in [-0.4, -0.2) is 21.3 Å². The van der Waals surface area contributed by atoms with Gasteiger partial charge in [0.2, 0.25) is 17.5 Å². The fourth-order valence-electron chi connectivity index (χ4n) is 1.14. The van der Waals surface area contributed by atoms with Crippen molar-refractivity contribution in [3.63, 3.8) is 0 Å². The maximum Gasteiger partial charge on any atom is 0.213 e. The summed E-state index contributed by atoms with van der Waals surface area (Å²) in [7, 11) is 3.16. The molecule has 15 heavy (non-hydrogen) atoms. The van der Waals surface area contributed by atoms with Crippen LogP contribution in [0.15, 0.2) is 0 Å². The number of hydrogen-bond acceptors (Lipinski definition) is 3. The van der Waals surface area contributed by atoms with Gasteiger partial charge in [0.25, 0.3) is 0 Å². The van der Waals surface area contributed by atoms with Gasteiger partial charge in [-0.3, -0.25) is 0 Å². The van der Waals surface area contributed by atoms with Crippen molar-refractivity contribution in [3.8, 4) is 17.2 Å². The van der Waals surface area contributed by atoms with E-state index in [1.165, 1.54) is 0 Å². The highest BCUT2D eigenvalue weighted by atomic mass is 19.1. The minimum absolute atomic E-state index is 0.745. The van der Waals surface area contributed by atoms with Crippen LogP contribution in [-0.2, 0) is 0 Å². The highest BCUT2D eigenvalue weighted by Crippen LogP contribution is 2.39. The van der Waals surface area contributed by atoms with Crippen molar-refractivity contribution in [2.45, 2.75) is 0 Å². The molecule has 3 nitrogen and oxygen atoms in total. The van der Waals surface area contributed by atoms with E-state index < -0.39 is 34.7 Å². The van der Waals surface area contributed by atoms with Gasteiger partial charge in [-0.2, -0.15) is 13.2 Å². The Kier molecular flexibility index (Phi) is 3.28. The monoisotopic (exact) mass is 222 g/mol. The first-order valence-corrected chi connectivity index (χ1v) is 3.90. The van der Waals surface area contributed by atoms with Crippen molar-refractivity contribution in [2.75, 3.05) is 21.3 Å². The largest absolute Gasteiger partial charge is 0.491 e. The molecule has 0 radical (unpaired) electrons. The van der Waals surface area contributed by atoms with Crippen molar-refractivity contribution in [2.24, 2.45) is 0 Å². The van der Waals surface area contributed by atoms with Crippen LogP contribution in [0.25, 0.3) is 0 Å². The first-order valence-electron chi connectivity index (χ1n) is 3.90. The Morgan fingerprint density at radius 1 is 0.600 bits per heavy atom. The Hall–Kier alpha value is -1.59. The van der Waals surface area contributed by atoms with Gasteiger partial charge in [0, 0.05) is 0 Å². The molecule has 0 aliphatic carbocycles. The topological polar surface area (TPSA) is 27.7 Å². The third kappa shape index (κ3) is 1.67. The standard InChI is InChI=1S/C9H9F3O3/c1-13-7-4(10)8(14-2)6(12)9(15-3)5(7)11/h1-3H3. The summed E-state index contributed by atoms with van der Waals surface area (Å²) in [5.41, 5.74) is 0. The molecule has 0 spiro atoms. The van der Waals surface area contributed by atoms with Crippen LogP contribution in [0.1, 0.15) is 0 Å². The molecule has 0 fully saturated rings. The van der Waals surface area contributed by atoms with Gasteiger partial charge in [0.05, 0.1) is 21.3 Å². The van der Waals surface area contributed by atoms with Crippen molar-refractivity contribution in [1.82, 2.24) is 0 Å². The molecule has 1 aromatic carbocycles. The van der Waals surface area contributed by atoms with Crippen LogP contribution >= 0.6 is 0 Å². The van der Waals surface area contributed by atoms with Gasteiger partial charge < -0.3 is 14.2 Å². The van der Waals surface area contributed by atoms with Gasteiger partial charge in [-0.25, -0.2) is 0 Å². The summed E-state index contributed by atoms with van der Waals surface area (Å²) in [6.45, 7) is 0. The van der Waals surface area contributed by atoms with Crippen LogP contribution < -0.4 is 14.2 Å². The second-order valence-corrected chi connectivity index (χ2v) is 2.54. The number of methoxy groups -OCH3 is 3. The van der Waals surface area contributed by atoms with E-state index in [-0.39, 0.29) is 0 Å². The Balaban J connectivity index is 3.57. The molecule has 0 aromatic heterocycles. The quantitative estimate of drug-likeness (QED) is 0.784. The molecule has 0 amide bonds. The first kappa shape index (κ1) is 11.5. The van der Waals surface area contributed by atoms with E-state index in [1.54, 1.807) is 0 Å². The third-order valence-corrected chi connectivity index (χ3v) is 1.81. The smallest absolute Gasteiger partial charge is 0.213 e. The SMILES string of the molecule is COc1c(F)c(OC)c(F)c(OC)c1F. The summed E-state index contributed by atoms with van der Waals surface area (Å²) in [4.78, 5) is 0. The summed E-state index contributed by atoms with van der Waals surface area (Å²) in [6, 6.07) is 0. The highest BCUT2D eigenvalue weighted by Gasteiger charge is 2.27. The first-order chi connectivity index (χ1) is 7.08. The van der Waals surface area contributed by atoms with Crippen LogP contribution in [0.2, 0.25) is 0 Å². The van der Waals surface area contributed by atoms with Crippen molar-refractivity contribution >= 4 is 0 Å². The Morgan fingerprint density at radius 2 is 0.800 bits per heavy atom. The van der Waals surface area contributed by atoms with Crippen molar-refractivity contribution < 1.29 is 27.4 Å². The minimum atomic E-state index is -1.24. The molecular weight excluding hydrogens is 213 g/mol. The lowest BCUT2D eigenvalue weighted by molar-refractivity contribution is 0.288. The normalized spacial score (nSPS) is 10.0. The van der Waals surface area contributed by atoms with Gasteiger partial charge in [0.1, 0.15) is 0 Å². The van der Waals surface area contributed by atoms with Gasteiger partial charge in [-0.15, -0.1) is 0 Å². The Bertz CT molecular complexity index is 301. The van der Waals surface area contributed by atoms with Gasteiger partial charge in [-0.1, -0.05) is 0 Å². The molecule has 0 saturated carbocycles. The number of halogens is 3. The number of hydrogen-bond donors (Lipinski definition) is 0. The van der Waals surface area contributed by atoms with Gasteiger partial charge in [0.15, 0.2) is 17.2 Å². The summed E-state index contributed by atoms with van der Waals surface area (Å²) in [5, 5.41) is 0. The maximum absolute atomic E-state index is 13.3. The number of benzene rings is 1. The zero-order valence-corrected chi connectivity index (χ0v) is 8.36. The summed E-state index contributed by atoms with van der Waals surface area (Å²) in [5.74, 6) is -5.96. The molecule has 0 unspecified atom stereocenters. The van der Waals surface area contributed by atoms with Gasteiger partial charge in [-0.05, 0) is 0 Å². The average molecular weight is 222 g/mol. The van der Waals surface area contributed by atoms with Crippen molar-refractivity contribution in [3.05, 3.63) is 17.5 Å². The second-order valence-electron chi connectivity index (χ2n) is 2.54. The molecule has 0 aliphatic heterocycles. The summed E-state index contributed by atoms with van der Waals surface area (Å²) >= 11 is 0. The van der Waals surface area contributed by atoms with E-state index in [4.69, 9.17) is 0 Å². The molecular formula is C9H9F3O3. The molecule has 6 heteroatoms. The van der Waals surface area contributed by atoms with E-state index in [0.29, 0.717) is 0 Å². The minimum Gasteiger partial charge on any atom is -0.491 e. The predicted octanol–water partition coefficient (Wildman–Crippen LogP) is 2.13. The third-order valence-electron chi connectivity index (χ3n) is 1.81. The lowest BCUT2D eigenvalue weighted by Gasteiger charge is -2.12. The van der Waals surface area contributed by atoms with Crippen LogP contribution in [0, 0.1) is 17.5 Å². The molecule has 0 heterocycles. The van der Waals surface area contributed by atoms with Crippen LogP contribution in [0.3, 0.4) is 0 Å². The van der Waals surface area contributed by atoms with E-state index in [9.17, 15) is 13.2 Å². The van der Waals surface area contributed by atoms with Crippen molar-refractivity contribution in [1.29, 1.82) is 0 Å². The van der Waals surface area contributed by atoms with Gasteiger partial charge >= 0.3 is 0 Å². The molecule has 0 saturated heterocycles. The highest BCUT2D eigenvalue weighted by molar-refractivity contribution is 5.47. The average Bonchev–Trinajstić information content (AvgIpc) is 2.19. The number of rotatable bonds is 3. The van der Waals surface area contributed by atoms with E-state index >= 15 is 0 Å². The summed E-state index contributed by atoms with van der Waals surface area (Å²) in [6.07, 6.45) is 0. The Labute approximate surface area is 84.4 Å². The molecule has 1 aromatic rings. The van der Waals surface area contributed by atoms with Crippen LogP contribution in [0.5, 0.6) is 17.2 Å². The maximum atomic E-state index is 13.3. The predicted molar refractivity (Wildman–Crippen MR) is 46.0 cm³/mol. The van der Waals surface area contributed by atoms with E-state index in [2.05, 4.69) is 14.2 Å². The van der Waals surface area contributed by atoms with E-state index in [1.807, 2.05) is 0 Å². The fraction of sp³-hybridized carbons (Fsp3) is 0.333. The molecule has 1 rings (SSSR count). The molecule has 0 aliphatic rings. The molecule has 0 bridgehead atoms. The molecule has 84 valence electrons. The fourth-order valence-corrected chi connectivity index (χ4v) is 1.14. The lowest BCUT2D eigenvalue weighted by Crippen LogP contribution is -2.03.